The summed E-state index contributed by atoms with van der Waals surface area (Å²) >= 11 is 0. The van der Waals surface area contributed by atoms with Gasteiger partial charge in [0.25, 0.3) is 0 Å². The lowest BCUT2D eigenvalue weighted by Gasteiger charge is -2.30. The number of fused-ring (bicyclic) bond motifs is 2. The van der Waals surface area contributed by atoms with Crippen molar-refractivity contribution in [3.05, 3.63) is 23.3 Å². The largest absolute Gasteiger partial charge is 0.486 e. The molecular formula is C13H17NO2. The molecule has 1 aromatic carbocycles. The fourth-order valence-electron chi connectivity index (χ4n) is 2.61. The Morgan fingerprint density at radius 1 is 1.06 bits per heavy atom. The average Bonchev–Trinajstić information content (AvgIpc) is 2.32. The Morgan fingerprint density at radius 2 is 1.69 bits per heavy atom. The van der Waals surface area contributed by atoms with Gasteiger partial charge in [0, 0.05) is 6.04 Å². The molecule has 0 saturated heterocycles. The monoisotopic (exact) mass is 219 g/mol. The molecule has 0 amide bonds. The standard InChI is InChI=1S/C13H17NO2/c1-8-2-3-11(14)10-7-13-12(6-9(8)10)15-4-5-16-13/h6-8,11H,2-5,14H2,1H3/t8?,11-/m0/s1. The summed E-state index contributed by atoms with van der Waals surface area (Å²) in [6.07, 6.45) is 2.22. The first-order chi connectivity index (χ1) is 7.75. The minimum absolute atomic E-state index is 0.155. The van der Waals surface area contributed by atoms with E-state index in [-0.39, 0.29) is 6.04 Å². The van der Waals surface area contributed by atoms with Gasteiger partial charge in [0.2, 0.25) is 0 Å². The molecule has 86 valence electrons. The molecule has 1 aliphatic heterocycles. The molecule has 1 unspecified atom stereocenters. The lowest BCUT2D eigenvalue weighted by molar-refractivity contribution is 0.170. The number of rotatable bonds is 0. The van der Waals surface area contributed by atoms with Crippen LogP contribution >= 0.6 is 0 Å². The molecule has 0 radical (unpaired) electrons. The third-order valence-electron chi connectivity index (χ3n) is 3.59. The minimum atomic E-state index is 0.155. The van der Waals surface area contributed by atoms with Crippen LogP contribution in [0.1, 0.15) is 42.9 Å². The van der Waals surface area contributed by atoms with Crippen molar-refractivity contribution in [1.29, 1.82) is 0 Å². The number of nitrogens with two attached hydrogens (primary N) is 1. The Labute approximate surface area is 95.5 Å². The third-order valence-corrected chi connectivity index (χ3v) is 3.59. The Morgan fingerprint density at radius 3 is 2.38 bits per heavy atom. The lowest BCUT2D eigenvalue weighted by Crippen LogP contribution is -2.22. The first-order valence-corrected chi connectivity index (χ1v) is 5.94. The normalized spacial score (nSPS) is 27.4. The molecule has 0 aromatic heterocycles. The highest BCUT2D eigenvalue weighted by atomic mass is 16.6. The zero-order chi connectivity index (χ0) is 11.1. The van der Waals surface area contributed by atoms with Crippen LogP contribution in [-0.2, 0) is 0 Å². The van der Waals surface area contributed by atoms with Gasteiger partial charge in [-0.2, -0.15) is 0 Å². The van der Waals surface area contributed by atoms with E-state index in [1.807, 2.05) is 0 Å². The molecule has 0 spiro atoms. The van der Waals surface area contributed by atoms with Gasteiger partial charge in [-0.25, -0.2) is 0 Å². The van der Waals surface area contributed by atoms with E-state index in [2.05, 4.69) is 19.1 Å². The predicted octanol–water partition coefficient (Wildman–Crippen LogP) is 2.35. The summed E-state index contributed by atoms with van der Waals surface area (Å²) in [6, 6.07) is 4.35. The van der Waals surface area contributed by atoms with Gasteiger partial charge in [-0.05, 0) is 42.0 Å². The van der Waals surface area contributed by atoms with E-state index in [4.69, 9.17) is 15.2 Å². The Hall–Kier alpha value is -1.22. The SMILES string of the molecule is CC1CC[C@H](N)c2cc3c(cc21)OCCO3. The predicted molar refractivity (Wildman–Crippen MR) is 62.0 cm³/mol. The van der Waals surface area contributed by atoms with Gasteiger partial charge in [0.05, 0.1) is 0 Å². The van der Waals surface area contributed by atoms with Crippen LogP contribution in [0, 0.1) is 0 Å². The number of hydrogen-bond donors (Lipinski definition) is 1. The van der Waals surface area contributed by atoms with Gasteiger partial charge in [-0.3, -0.25) is 0 Å². The molecule has 3 nitrogen and oxygen atoms in total. The fraction of sp³-hybridized carbons (Fsp3) is 0.538. The number of benzene rings is 1. The second kappa shape index (κ2) is 3.67. The zero-order valence-electron chi connectivity index (χ0n) is 9.53. The van der Waals surface area contributed by atoms with Crippen LogP contribution in [0.3, 0.4) is 0 Å². The molecule has 2 atom stereocenters. The van der Waals surface area contributed by atoms with Gasteiger partial charge < -0.3 is 15.2 Å². The summed E-state index contributed by atoms with van der Waals surface area (Å²) < 4.78 is 11.2. The Balaban J connectivity index is 2.11. The summed E-state index contributed by atoms with van der Waals surface area (Å²) in [5.41, 5.74) is 8.72. The van der Waals surface area contributed by atoms with Crippen LogP contribution in [0.5, 0.6) is 11.5 Å². The Kier molecular flexibility index (Phi) is 2.28. The van der Waals surface area contributed by atoms with Crippen molar-refractivity contribution in [2.75, 3.05) is 13.2 Å². The fourth-order valence-corrected chi connectivity index (χ4v) is 2.61. The van der Waals surface area contributed by atoms with Gasteiger partial charge in [0.15, 0.2) is 11.5 Å². The van der Waals surface area contributed by atoms with Crippen LogP contribution < -0.4 is 15.2 Å². The molecule has 2 N–H and O–H groups in total. The maximum absolute atomic E-state index is 6.15. The van der Waals surface area contributed by atoms with Crippen LogP contribution in [0.4, 0.5) is 0 Å². The van der Waals surface area contributed by atoms with E-state index in [1.54, 1.807) is 0 Å². The van der Waals surface area contributed by atoms with Crippen molar-refractivity contribution in [3.63, 3.8) is 0 Å². The minimum Gasteiger partial charge on any atom is -0.486 e. The molecule has 3 rings (SSSR count). The van der Waals surface area contributed by atoms with Crippen molar-refractivity contribution < 1.29 is 9.47 Å². The number of hydrogen-bond acceptors (Lipinski definition) is 3. The van der Waals surface area contributed by atoms with Crippen molar-refractivity contribution in [3.8, 4) is 11.5 Å². The average molecular weight is 219 g/mol. The summed E-state index contributed by atoms with van der Waals surface area (Å²) in [4.78, 5) is 0. The van der Waals surface area contributed by atoms with Gasteiger partial charge in [-0.1, -0.05) is 6.92 Å². The van der Waals surface area contributed by atoms with Crippen LogP contribution in [-0.4, -0.2) is 13.2 Å². The molecule has 2 aliphatic rings. The van der Waals surface area contributed by atoms with E-state index < -0.39 is 0 Å². The van der Waals surface area contributed by atoms with Crippen molar-refractivity contribution in [2.24, 2.45) is 5.73 Å². The summed E-state index contributed by atoms with van der Waals surface area (Å²) in [5.74, 6) is 2.31. The first kappa shape index (κ1) is 9.97. The van der Waals surface area contributed by atoms with Gasteiger partial charge >= 0.3 is 0 Å². The molecule has 1 aliphatic carbocycles. The molecule has 16 heavy (non-hydrogen) atoms. The maximum Gasteiger partial charge on any atom is 0.161 e. The molecule has 0 bridgehead atoms. The molecule has 0 fully saturated rings. The second-order valence-electron chi connectivity index (χ2n) is 4.71. The number of ether oxygens (including phenoxy) is 2. The smallest absolute Gasteiger partial charge is 0.161 e. The van der Waals surface area contributed by atoms with Crippen LogP contribution in [0.2, 0.25) is 0 Å². The van der Waals surface area contributed by atoms with Crippen molar-refractivity contribution in [2.45, 2.75) is 31.7 Å². The summed E-state index contributed by atoms with van der Waals surface area (Å²) in [6.45, 7) is 3.53. The topological polar surface area (TPSA) is 44.5 Å². The van der Waals surface area contributed by atoms with E-state index in [0.29, 0.717) is 19.1 Å². The van der Waals surface area contributed by atoms with Crippen molar-refractivity contribution in [1.82, 2.24) is 0 Å². The molecular weight excluding hydrogens is 202 g/mol. The van der Waals surface area contributed by atoms with Crippen LogP contribution in [0.15, 0.2) is 12.1 Å². The molecule has 1 heterocycles. The maximum atomic E-state index is 6.15. The summed E-state index contributed by atoms with van der Waals surface area (Å²) in [7, 11) is 0. The van der Waals surface area contributed by atoms with Crippen LogP contribution in [0.25, 0.3) is 0 Å². The second-order valence-corrected chi connectivity index (χ2v) is 4.71. The van der Waals surface area contributed by atoms with E-state index >= 15 is 0 Å². The first-order valence-electron chi connectivity index (χ1n) is 5.94. The third kappa shape index (κ3) is 1.47. The van der Waals surface area contributed by atoms with Gasteiger partial charge in [-0.15, -0.1) is 0 Å². The molecule has 0 saturated carbocycles. The van der Waals surface area contributed by atoms with E-state index in [9.17, 15) is 0 Å². The lowest BCUT2D eigenvalue weighted by atomic mass is 9.81. The van der Waals surface area contributed by atoms with E-state index in [0.717, 1.165) is 24.3 Å². The van der Waals surface area contributed by atoms with Crippen molar-refractivity contribution >= 4 is 0 Å². The molecule has 3 heteroatoms. The zero-order valence-corrected chi connectivity index (χ0v) is 9.53. The highest BCUT2D eigenvalue weighted by Gasteiger charge is 2.25. The highest BCUT2D eigenvalue weighted by molar-refractivity contribution is 5.51. The highest BCUT2D eigenvalue weighted by Crippen LogP contribution is 2.42. The van der Waals surface area contributed by atoms with Gasteiger partial charge in [0.1, 0.15) is 13.2 Å². The Bertz CT molecular complexity index is 378. The summed E-state index contributed by atoms with van der Waals surface area (Å²) in [5, 5.41) is 0. The quantitative estimate of drug-likeness (QED) is 0.728. The molecule has 1 aromatic rings. The van der Waals surface area contributed by atoms with E-state index in [1.165, 1.54) is 11.1 Å².